The molecule has 2 aromatic carbocycles. The molecule has 9 nitrogen and oxygen atoms in total. The van der Waals surface area contributed by atoms with E-state index in [4.69, 9.17) is 16.3 Å². The Morgan fingerprint density at radius 3 is 2.73 bits per heavy atom. The average Bonchev–Trinajstić information content (AvgIpc) is 3.24. The molecule has 11 heteroatoms. The van der Waals surface area contributed by atoms with Crippen LogP contribution in [0.1, 0.15) is 22.3 Å². The van der Waals surface area contributed by atoms with Crippen molar-refractivity contribution in [1.82, 2.24) is 5.32 Å². The Bertz CT molecular complexity index is 1080. The van der Waals surface area contributed by atoms with Gasteiger partial charge in [0, 0.05) is 24.4 Å². The lowest BCUT2D eigenvalue weighted by molar-refractivity contribution is -0.384. The number of nitrogens with one attached hydrogen (secondary N) is 1. The van der Waals surface area contributed by atoms with E-state index in [1.807, 2.05) is 30.5 Å². The van der Waals surface area contributed by atoms with E-state index in [-0.39, 0.29) is 28.6 Å². The quantitative estimate of drug-likeness (QED) is 0.325. The van der Waals surface area contributed by atoms with Gasteiger partial charge in [0.05, 0.1) is 15.5 Å². The second kappa shape index (κ2) is 11.2. The molecule has 33 heavy (non-hydrogen) atoms. The lowest BCUT2D eigenvalue weighted by Gasteiger charge is -2.20. The van der Waals surface area contributed by atoms with Gasteiger partial charge >= 0.3 is 5.97 Å². The fourth-order valence-corrected chi connectivity index (χ4v) is 4.16. The van der Waals surface area contributed by atoms with Crippen molar-refractivity contribution in [2.24, 2.45) is 0 Å². The predicted octanol–water partition coefficient (Wildman–Crippen LogP) is 3.23. The Kier molecular flexibility index (Phi) is 8.29. The van der Waals surface area contributed by atoms with Crippen LogP contribution in [0, 0.1) is 10.1 Å². The van der Waals surface area contributed by atoms with E-state index in [9.17, 15) is 24.5 Å². The Morgan fingerprint density at radius 2 is 2.03 bits per heavy atom. The molecular formula is C22H22ClN3O6S. The molecule has 1 heterocycles. The van der Waals surface area contributed by atoms with Crippen LogP contribution < -0.4 is 10.2 Å². The van der Waals surface area contributed by atoms with E-state index in [2.05, 4.69) is 5.32 Å². The molecule has 1 N–H and O–H groups in total. The number of esters is 1. The molecule has 0 saturated heterocycles. The number of carbonyl (C=O) groups is 3. The monoisotopic (exact) mass is 491 g/mol. The van der Waals surface area contributed by atoms with Gasteiger partial charge in [-0.25, -0.2) is 4.79 Å². The van der Waals surface area contributed by atoms with E-state index in [1.54, 1.807) is 4.90 Å². The molecule has 0 saturated carbocycles. The number of fused-ring (bicyclic) bond motifs is 1. The number of hydrogen-bond acceptors (Lipinski definition) is 7. The second-order valence-corrected chi connectivity index (χ2v) is 8.65. The number of nitro groups is 1. The summed E-state index contributed by atoms with van der Waals surface area (Å²) in [5.74, 6) is -1.20. The molecule has 0 aromatic heterocycles. The molecule has 2 aromatic rings. The molecule has 1 atom stereocenters. The first-order valence-corrected chi connectivity index (χ1v) is 11.9. The first-order valence-electron chi connectivity index (χ1n) is 10.1. The van der Waals surface area contributed by atoms with Crippen molar-refractivity contribution in [2.75, 3.05) is 30.1 Å². The minimum atomic E-state index is -1.00. The van der Waals surface area contributed by atoms with Crippen LogP contribution in [0.4, 0.5) is 11.4 Å². The number of nitro benzene ring substituents is 1. The first-order chi connectivity index (χ1) is 15.8. The van der Waals surface area contributed by atoms with Crippen molar-refractivity contribution in [3.63, 3.8) is 0 Å². The second-order valence-electron chi connectivity index (χ2n) is 7.26. The van der Waals surface area contributed by atoms with Gasteiger partial charge in [-0.1, -0.05) is 29.8 Å². The zero-order valence-corrected chi connectivity index (χ0v) is 19.4. The van der Waals surface area contributed by atoms with Gasteiger partial charge in [0.2, 0.25) is 0 Å². The summed E-state index contributed by atoms with van der Waals surface area (Å²) in [6, 6.07) is 9.98. The van der Waals surface area contributed by atoms with Crippen LogP contribution >= 0.6 is 23.4 Å². The lowest BCUT2D eigenvalue weighted by Crippen LogP contribution is -2.43. The number of benzene rings is 2. The summed E-state index contributed by atoms with van der Waals surface area (Å²) in [6.07, 6.45) is 2.86. The molecule has 2 amide bonds. The molecule has 0 spiro atoms. The molecule has 1 unspecified atom stereocenters. The number of para-hydroxylation sites is 1. The van der Waals surface area contributed by atoms with Crippen LogP contribution in [0.25, 0.3) is 0 Å². The van der Waals surface area contributed by atoms with Gasteiger partial charge in [-0.05, 0) is 42.5 Å². The van der Waals surface area contributed by atoms with Crippen molar-refractivity contribution in [3.05, 3.63) is 68.7 Å². The van der Waals surface area contributed by atoms with Crippen LogP contribution in [0.3, 0.4) is 0 Å². The van der Waals surface area contributed by atoms with Gasteiger partial charge in [-0.2, -0.15) is 11.8 Å². The van der Waals surface area contributed by atoms with Crippen molar-refractivity contribution in [3.8, 4) is 0 Å². The number of thioether (sulfide) groups is 1. The van der Waals surface area contributed by atoms with Gasteiger partial charge < -0.3 is 15.0 Å². The normalized spacial score (nSPS) is 13.2. The zero-order chi connectivity index (χ0) is 24.0. The highest BCUT2D eigenvalue weighted by Gasteiger charge is 2.28. The van der Waals surface area contributed by atoms with Crippen molar-refractivity contribution < 1.29 is 24.0 Å². The van der Waals surface area contributed by atoms with Gasteiger partial charge in [-0.15, -0.1) is 0 Å². The van der Waals surface area contributed by atoms with E-state index in [1.165, 1.54) is 17.8 Å². The van der Waals surface area contributed by atoms with E-state index in [0.29, 0.717) is 12.3 Å². The maximum absolute atomic E-state index is 12.7. The van der Waals surface area contributed by atoms with Crippen LogP contribution in [0.5, 0.6) is 0 Å². The average molecular weight is 492 g/mol. The third-order valence-electron chi connectivity index (χ3n) is 5.13. The number of hydrogen-bond donors (Lipinski definition) is 1. The molecular weight excluding hydrogens is 470 g/mol. The number of rotatable bonds is 9. The summed E-state index contributed by atoms with van der Waals surface area (Å²) < 4.78 is 5.23. The summed E-state index contributed by atoms with van der Waals surface area (Å²) in [6.45, 7) is 0.0676. The molecule has 0 fully saturated rings. The Balaban J connectivity index is 1.63. The SMILES string of the molecule is CSCCC(NC(=O)c1ccc([N+](=O)[O-])cc1Cl)C(=O)OCC(=O)N1CCc2ccccc21. The summed E-state index contributed by atoms with van der Waals surface area (Å²) in [5.41, 5.74) is 1.60. The minimum Gasteiger partial charge on any atom is -0.454 e. The zero-order valence-electron chi connectivity index (χ0n) is 17.8. The number of ether oxygens (including phenoxy) is 1. The molecule has 0 bridgehead atoms. The number of amides is 2. The maximum Gasteiger partial charge on any atom is 0.329 e. The molecule has 174 valence electrons. The largest absolute Gasteiger partial charge is 0.454 e. The van der Waals surface area contributed by atoms with Crippen molar-refractivity contribution in [2.45, 2.75) is 18.9 Å². The highest BCUT2D eigenvalue weighted by atomic mass is 35.5. The highest BCUT2D eigenvalue weighted by molar-refractivity contribution is 7.98. The standard InChI is InChI=1S/C22H22ClN3O6S/c1-33-11-9-18(24-21(28)16-7-6-15(26(30)31)12-17(16)23)22(29)32-13-20(27)25-10-8-14-4-2-3-5-19(14)25/h2-7,12,18H,8-11,13H2,1H3,(H,24,28). The van der Waals surface area contributed by atoms with Gasteiger partial charge in [0.1, 0.15) is 6.04 Å². The molecule has 1 aliphatic rings. The number of non-ortho nitro benzene ring substituents is 1. The van der Waals surface area contributed by atoms with Crippen LogP contribution in [-0.2, 0) is 20.7 Å². The maximum atomic E-state index is 12.7. The minimum absolute atomic E-state index is 0.00558. The van der Waals surface area contributed by atoms with Crippen LogP contribution in [0.2, 0.25) is 5.02 Å². The third-order valence-corrected chi connectivity index (χ3v) is 6.09. The van der Waals surface area contributed by atoms with Crippen molar-refractivity contribution >= 4 is 52.5 Å². The third kappa shape index (κ3) is 6.02. The van der Waals surface area contributed by atoms with Crippen LogP contribution in [0.15, 0.2) is 42.5 Å². The predicted molar refractivity (Wildman–Crippen MR) is 126 cm³/mol. The molecule has 1 aliphatic heterocycles. The van der Waals surface area contributed by atoms with E-state index >= 15 is 0 Å². The highest BCUT2D eigenvalue weighted by Crippen LogP contribution is 2.27. The Hall–Kier alpha value is -3.11. The van der Waals surface area contributed by atoms with Gasteiger partial charge in [0.15, 0.2) is 6.61 Å². The number of carbonyl (C=O) groups excluding carboxylic acids is 3. The molecule has 0 radical (unpaired) electrons. The topological polar surface area (TPSA) is 119 Å². The fourth-order valence-electron chi connectivity index (χ4n) is 3.43. The summed E-state index contributed by atoms with van der Waals surface area (Å²) in [4.78, 5) is 49.8. The molecule has 3 rings (SSSR count). The Morgan fingerprint density at radius 1 is 1.27 bits per heavy atom. The summed E-state index contributed by atoms with van der Waals surface area (Å²) >= 11 is 7.50. The molecule has 0 aliphatic carbocycles. The van der Waals surface area contributed by atoms with Gasteiger partial charge in [-0.3, -0.25) is 19.7 Å². The number of anilines is 1. The summed E-state index contributed by atoms with van der Waals surface area (Å²) in [5, 5.41) is 13.3. The van der Waals surface area contributed by atoms with Gasteiger partial charge in [0.25, 0.3) is 17.5 Å². The number of nitrogens with zero attached hydrogens (tertiary/aromatic N) is 2. The first kappa shape index (κ1) is 24.5. The Labute approximate surface area is 199 Å². The summed E-state index contributed by atoms with van der Waals surface area (Å²) in [7, 11) is 0. The lowest BCUT2D eigenvalue weighted by atomic mass is 10.1. The smallest absolute Gasteiger partial charge is 0.329 e. The van der Waals surface area contributed by atoms with E-state index < -0.39 is 29.4 Å². The number of halogens is 1. The van der Waals surface area contributed by atoms with Crippen molar-refractivity contribution in [1.29, 1.82) is 0 Å². The fraction of sp³-hybridized carbons (Fsp3) is 0.318. The van der Waals surface area contributed by atoms with E-state index in [0.717, 1.165) is 29.8 Å². The van der Waals surface area contributed by atoms with Crippen LogP contribution in [-0.4, -0.2) is 53.9 Å².